The molecule has 0 saturated heterocycles. The predicted octanol–water partition coefficient (Wildman–Crippen LogP) is 0.999. The van der Waals surface area contributed by atoms with E-state index in [1.807, 2.05) is 12.1 Å². The summed E-state index contributed by atoms with van der Waals surface area (Å²) in [5.41, 5.74) is 1.48. The summed E-state index contributed by atoms with van der Waals surface area (Å²) in [6.07, 6.45) is 1.78. The second kappa shape index (κ2) is 6.01. The van der Waals surface area contributed by atoms with E-state index in [4.69, 9.17) is 9.84 Å². The molecule has 0 aliphatic heterocycles. The molecule has 0 atom stereocenters. The first-order chi connectivity index (χ1) is 9.18. The van der Waals surface area contributed by atoms with Crippen molar-refractivity contribution in [2.75, 3.05) is 19.8 Å². The highest BCUT2D eigenvalue weighted by Crippen LogP contribution is 2.16. The number of carbonyl (C=O) groups excluding carboxylic acids is 1. The molecule has 0 saturated carbocycles. The van der Waals surface area contributed by atoms with Crippen LogP contribution in [0.1, 0.15) is 10.4 Å². The Labute approximate surface area is 109 Å². The van der Waals surface area contributed by atoms with Crippen LogP contribution in [0.15, 0.2) is 30.5 Å². The smallest absolute Gasteiger partial charge is 0.329 e. The van der Waals surface area contributed by atoms with Crippen LogP contribution in [0, 0.1) is 0 Å². The number of carbonyl (C=O) groups is 2. The number of fused-ring (bicyclic) bond motifs is 1. The lowest BCUT2D eigenvalue weighted by Gasteiger charge is -2.06. The molecule has 0 aliphatic carbocycles. The number of carboxylic acids is 1. The molecule has 3 N–H and O–H groups in total. The first-order valence-corrected chi connectivity index (χ1v) is 5.82. The van der Waals surface area contributed by atoms with Gasteiger partial charge in [0.25, 0.3) is 5.91 Å². The highest BCUT2D eigenvalue weighted by Gasteiger charge is 2.09. The molecule has 6 heteroatoms. The Bertz CT molecular complexity index is 591. The van der Waals surface area contributed by atoms with E-state index in [1.54, 1.807) is 18.3 Å². The maximum atomic E-state index is 12.0. The Kier molecular flexibility index (Phi) is 4.15. The van der Waals surface area contributed by atoms with Crippen molar-refractivity contribution in [3.63, 3.8) is 0 Å². The molecule has 1 amide bonds. The second-order valence-electron chi connectivity index (χ2n) is 3.95. The summed E-state index contributed by atoms with van der Waals surface area (Å²) >= 11 is 0. The van der Waals surface area contributed by atoms with E-state index in [0.29, 0.717) is 5.56 Å². The standard InChI is InChI=1S/C13H14N2O4/c16-12(17)8-19-7-6-15-13(18)10-2-1-3-11-9(10)4-5-14-11/h1-5,14H,6-8H2,(H,15,18)(H,16,17). The summed E-state index contributed by atoms with van der Waals surface area (Å²) in [5.74, 6) is -1.23. The quantitative estimate of drug-likeness (QED) is 0.677. The number of aromatic nitrogens is 1. The third-order valence-electron chi connectivity index (χ3n) is 2.60. The molecule has 19 heavy (non-hydrogen) atoms. The highest BCUT2D eigenvalue weighted by molar-refractivity contribution is 6.06. The van der Waals surface area contributed by atoms with E-state index in [0.717, 1.165) is 10.9 Å². The van der Waals surface area contributed by atoms with Gasteiger partial charge in [-0.3, -0.25) is 4.79 Å². The number of rotatable bonds is 6. The van der Waals surface area contributed by atoms with Crippen LogP contribution in [0.2, 0.25) is 0 Å². The van der Waals surface area contributed by atoms with Gasteiger partial charge in [-0.1, -0.05) is 6.07 Å². The van der Waals surface area contributed by atoms with Gasteiger partial charge >= 0.3 is 5.97 Å². The van der Waals surface area contributed by atoms with Gasteiger partial charge in [-0.25, -0.2) is 4.79 Å². The number of benzene rings is 1. The number of amides is 1. The Morgan fingerprint density at radius 1 is 1.32 bits per heavy atom. The van der Waals surface area contributed by atoms with E-state index in [9.17, 15) is 9.59 Å². The van der Waals surface area contributed by atoms with Crippen molar-refractivity contribution in [3.05, 3.63) is 36.0 Å². The van der Waals surface area contributed by atoms with Crippen molar-refractivity contribution in [3.8, 4) is 0 Å². The number of nitrogens with one attached hydrogen (secondary N) is 2. The number of hydrogen-bond acceptors (Lipinski definition) is 3. The number of carboxylic acid groups (broad SMARTS) is 1. The number of aromatic amines is 1. The van der Waals surface area contributed by atoms with E-state index in [-0.39, 0.29) is 25.7 Å². The minimum Gasteiger partial charge on any atom is -0.480 e. The first kappa shape index (κ1) is 13.1. The molecule has 1 heterocycles. The van der Waals surface area contributed by atoms with E-state index >= 15 is 0 Å². The number of H-pyrrole nitrogens is 1. The number of hydrogen-bond donors (Lipinski definition) is 3. The topological polar surface area (TPSA) is 91.4 Å². The molecule has 0 aliphatic rings. The van der Waals surface area contributed by atoms with Crippen molar-refractivity contribution in [2.45, 2.75) is 0 Å². The molecule has 0 spiro atoms. The molecule has 1 aromatic heterocycles. The van der Waals surface area contributed by atoms with Crippen molar-refractivity contribution in [1.29, 1.82) is 0 Å². The maximum Gasteiger partial charge on any atom is 0.329 e. The Balaban J connectivity index is 1.90. The fourth-order valence-corrected chi connectivity index (χ4v) is 1.77. The molecule has 0 fully saturated rings. The zero-order valence-corrected chi connectivity index (χ0v) is 10.2. The van der Waals surface area contributed by atoms with Gasteiger partial charge in [0.15, 0.2) is 0 Å². The molecule has 1 aromatic carbocycles. The average molecular weight is 262 g/mol. The van der Waals surface area contributed by atoms with Crippen LogP contribution in [0.4, 0.5) is 0 Å². The Morgan fingerprint density at radius 3 is 2.95 bits per heavy atom. The van der Waals surface area contributed by atoms with Crippen molar-refractivity contribution in [1.82, 2.24) is 10.3 Å². The van der Waals surface area contributed by atoms with Crippen LogP contribution in [0.3, 0.4) is 0 Å². The molecular formula is C13H14N2O4. The van der Waals surface area contributed by atoms with Gasteiger partial charge in [-0.2, -0.15) is 0 Å². The molecule has 0 bridgehead atoms. The van der Waals surface area contributed by atoms with Crippen molar-refractivity contribution < 1.29 is 19.4 Å². The molecular weight excluding hydrogens is 248 g/mol. The maximum absolute atomic E-state index is 12.0. The largest absolute Gasteiger partial charge is 0.480 e. The van der Waals surface area contributed by atoms with Gasteiger partial charge in [0, 0.05) is 29.2 Å². The van der Waals surface area contributed by atoms with Crippen molar-refractivity contribution in [2.24, 2.45) is 0 Å². The second-order valence-corrected chi connectivity index (χ2v) is 3.95. The molecule has 2 aromatic rings. The SMILES string of the molecule is O=C(O)COCCNC(=O)c1cccc2[nH]ccc12. The van der Waals surface area contributed by atoms with Gasteiger partial charge in [0.05, 0.1) is 6.61 Å². The molecule has 0 radical (unpaired) electrons. The summed E-state index contributed by atoms with van der Waals surface area (Å²) in [6.45, 7) is 0.0807. The minimum atomic E-state index is -1.02. The van der Waals surface area contributed by atoms with Crippen LogP contribution in [0.25, 0.3) is 10.9 Å². The van der Waals surface area contributed by atoms with Crippen molar-refractivity contribution >= 4 is 22.8 Å². The Morgan fingerprint density at radius 2 is 2.16 bits per heavy atom. The van der Waals surface area contributed by atoms with Gasteiger partial charge in [-0.05, 0) is 18.2 Å². The zero-order chi connectivity index (χ0) is 13.7. The predicted molar refractivity (Wildman–Crippen MR) is 69.1 cm³/mol. The fourth-order valence-electron chi connectivity index (χ4n) is 1.77. The van der Waals surface area contributed by atoms with Crippen LogP contribution in [0.5, 0.6) is 0 Å². The number of ether oxygens (including phenoxy) is 1. The third kappa shape index (κ3) is 3.32. The van der Waals surface area contributed by atoms with Crippen LogP contribution in [-0.4, -0.2) is 41.7 Å². The zero-order valence-electron chi connectivity index (χ0n) is 10.2. The van der Waals surface area contributed by atoms with Gasteiger partial charge in [0.1, 0.15) is 6.61 Å². The van der Waals surface area contributed by atoms with E-state index in [2.05, 4.69) is 10.3 Å². The summed E-state index contributed by atoms with van der Waals surface area (Å²) in [7, 11) is 0. The Hall–Kier alpha value is -2.34. The van der Waals surface area contributed by atoms with Gasteiger partial charge in [-0.15, -0.1) is 0 Å². The summed E-state index contributed by atoms with van der Waals surface area (Å²) in [4.78, 5) is 25.2. The highest BCUT2D eigenvalue weighted by atomic mass is 16.5. The minimum absolute atomic E-state index is 0.168. The summed E-state index contributed by atoms with van der Waals surface area (Å²) < 4.78 is 4.83. The lowest BCUT2D eigenvalue weighted by Crippen LogP contribution is -2.28. The molecule has 100 valence electrons. The van der Waals surface area contributed by atoms with E-state index in [1.165, 1.54) is 0 Å². The third-order valence-corrected chi connectivity index (χ3v) is 2.60. The van der Waals surface area contributed by atoms with Gasteiger partial charge in [0.2, 0.25) is 0 Å². The monoisotopic (exact) mass is 262 g/mol. The lowest BCUT2D eigenvalue weighted by atomic mass is 10.1. The molecule has 2 rings (SSSR count). The van der Waals surface area contributed by atoms with Crippen LogP contribution < -0.4 is 5.32 Å². The molecule has 6 nitrogen and oxygen atoms in total. The first-order valence-electron chi connectivity index (χ1n) is 5.82. The average Bonchev–Trinajstić information content (AvgIpc) is 2.85. The number of aliphatic carboxylic acids is 1. The normalized spacial score (nSPS) is 10.5. The summed E-state index contributed by atoms with van der Waals surface area (Å²) in [5, 5.41) is 11.9. The lowest BCUT2D eigenvalue weighted by molar-refractivity contribution is -0.142. The van der Waals surface area contributed by atoms with Gasteiger partial charge < -0.3 is 20.1 Å². The van der Waals surface area contributed by atoms with E-state index < -0.39 is 5.97 Å². The summed E-state index contributed by atoms with van der Waals surface area (Å²) in [6, 6.07) is 7.27. The van der Waals surface area contributed by atoms with Crippen LogP contribution >= 0.6 is 0 Å². The fraction of sp³-hybridized carbons (Fsp3) is 0.231. The van der Waals surface area contributed by atoms with Crippen LogP contribution in [-0.2, 0) is 9.53 Å². The molecule has 0 unspecified atom stereocenters.